The molecule has 108 valence electrons. The number of hydrogen-bond donors (Lipinski definition) is 2. The maximum atomic E-state index is 10.0. The number of methoxy groups -OCH3 is 1. The molecule has 3 rings (SSSR count). The molecule has 0 radical (unpaired) electrons. The molecule has 1 saturated carbocycles. The molecule has 2 fully saturated rings. The first-order valence-corrected chi connectivity index (χ1v) is 7.42. The largest absolute Gasteiger partial charge is 0.497 e. The Kier molecular flexibility index (Phi) is 3.56. The molecule has 1 aromatic rings. The molecule has 1 aromatic carbocycles. The van der Waals surface area contributed by atoms with Gasteiger partial charge >= 0.3 is 0 Å². The van der Waals surface area contributed by atoms with Gasteiger partial charge in [-0.15, -0.1) is 0 Å². The Bertz CT molecular complexity index is 535. The first-order chi connectivity index (χ1) is 9.60. The quantitative estimate of drug-likeness (QED) is 0.828. The molecular formula is C15H20N2O2S. The summed E-state index contributed by atoms with van der Waals surface area (Å²) in [7, 11) is 1.65. The molecular weight excluding hydrogens is 272 g/mol. The van der Waals surface area contributed by atoms with Gasteiger partial charge in [0, 0.05) is 30.6 Å². The highest BCUT2D eigenvalue weighted by molar-refractivity contribution is 7.80. The van der Waals surface area contributed by atoms with Gasteiger partial charge in [-0.3, -0.25) is 0 Å². The molecule has 5 heteroatoms. The van der Waals surface area contributed by atoms with E-state index in [1.54, 1.807) is 7.11 Å². The molecule has 3 atom stereocenters. The third-order valence-corrected chi connectivity index (χ3v) is 4.85. The van der Waals surface area contributed by atoms with Crippen molar-refractivity contribution >= 4 is 22.9 Å². The van der Waals surface area contributed by atoms with E-state index in [0.29, 0.717) is 16.8 Å². The standard InChI is InChI=1S/C15H20N2O2S/c1-19-10-3-4-11(15(16)20)13(6-10)17-7-9-2-5-14(18)12(9)8-17/h3-4,6,9,12,14,18H,2,5,7-8H2,1H3,(H2,16,20). The lowest BCUT2D eigenvalue weighted by atomic mass is 10.00. The Morgan fingerprint density at radius 3 is 2.85 bits per heavy atom. The van der Waals surface area contributed by atoms with E-state index in [1.807, 2.05) is 18.2 Å². The van der Waals surface area contributed by atoms with Crippen LogP contribution in [0.4, 0.5) is 5.69 Å². The van der Waals surface area contributed by atoms with Crippen LogP contribution in [0.1, 0.15) is 18.4 Å². The maximum Gasteiger partial charge on any atom is 0.120 e. The molecule has 20 heavy (non-hydrogen) atoms. The summed E-state index contributed by atoms with van der Waals surface area (Å²) in [6, 6.07) is 5.78. The summed E-state index contributed by atoms with van der Waals surface area (Å²) in [5.74, 6) is 1.76. The molecule has 1 heterocycles. The molecule has 3 unspecified atom stereocenters. The summed E-state index contributed by atoms with van der Waals surface area (Å²) in [5.41, 5.74) is 7.74. The first kappa shape index (κ1) is 13.6. The third-order valence-electron chi connectivity index (χ3n) is 4.63. The zero-order valence-electron chi connectivity index (χ0n) is 11.6. The topological polar surface area (TPSA) is 58.7 Å². The fourth-order valence-electron chi connectivity index (χ4n) is 3.54. The lowest BCUT2D eigenvalue weighted by Crippen LogP contribution is -2.26. The van der Waals surface area contributed by atoms with E-state index >= 15 is 0 Å². The summed E-state index contributed by atoms with van der Waals surface area (Å²) in [6.45, 7) is 1.83. The minimum atomic E-state index is -0.163. The number of fused-ring (bicyclic) bond motifs is 1. The highest BCUT2D eigenvalue weighted by Gasteiger charge is 2.42. The number of aliphatic hydroxyl groups is 1. The number of ether oxygens (including phenoxy) is 1. The van der Waals surface area contributed by atoms with Gasteiger partial charge in [-0.05, 0) is 30.9 Å². The molecule has 1 aliphatic heterocycles. The van der Waals surface area contributed by atoms with Gasteiger partial charge < -0.3 is 20.5 Å². The Hall–Kier alpha value is -1.33. The molecule has 0 spiro atoms. The van der Waals surface area contributed by atoms with Gasteiger partial charge in [0.25, 0.3) is 0 Å². The molecule has 1 aliphatic carbocycles. The SMILES string of the molecule is COc1ccc(C(N)=S)c(N2CC3CCC(O)C3C2)c1. The van der Waals surface area contributed by atoms with Crippen LogP contribution in [0.15, 0.2) is 18.2 Å². The van der Waals surface area contributed by atoms with Gasteiger partial charge in [-0.25, -0.2) is 0 Å². The summed E-state index contributed by atoms with van der Waals surface area (Å²) in [6.07, 6.45) is 1.88. The number of aliphatic hydroxyl groups excluding tert-OH is 1. The van der Waals surface area contributed by atoms with E-state index in [9.17, 15) is 5.11 Å². The Labute approximate surface area is 124 Å². The van der Waals surface area contributed by atoms with Crippen LogP contribution < -0.4 is 15.4 Å². The molecule has 3 N–H and O–H groups in total. The monoisotopic (exact) mass is 292 g/mol. The fraction of sp³-hybridized carbons (Fsp3) is 0.533. The second-order valence-corrected chi connectivity index (χ2v) is 6.16. The van der Waals surface area contributed by atoms with E-state index in [0.717, 1.165) is 42.9 Å². The number of thiocarbonyl (C=S) groups is 1. The van der Waals surface area contributed by atoms with Crippen molar-refractivity contribution in [3.05, 3.63) is 23.8 Å². The predicted octanol–water partition coefficient (Wildman–Crippen LogP) is 1.54. The molecule has 4 nitrogen and oxygen atoms in total. The average Bonchev–Trinajstić information content (AvgIpc) is 3.00. The van der Waals surface area contributed by atoms with Gasteiger partial charge in [0.1, 0.15) is 10.7 Å². The van der Waals surface area contributed by atoms with Crippen LogP contribution in [0, 0.1) is 11.8 Å². The van der Waals surface area contributed by atoms with Gasteiger partial charge in [0.15, 0.2) is 0 Å². The van der Waals surface area contributed by atoms with Crippen molar-refractivity contribution < 1.29 is 9.84 Å². The minimum Gasteiger partial charge on any atom is -0.497 e. The second kappa shape index (κ2) is 5.22. The second-order valence-electron chi connectivity index (χ2n) is 5.72. The van der Waals surface area contributed by atoms with Gasteiger partial charge in [-0.1, -0.05) is 12.2 Å². The Balaban J connectivity index is 1.91. The van der Waals surface area contributed by atoms with Crippen LogP contribution in [0.3, 0.4) is 0 Å². The maximum absolute atomic E-state index is 10.0. The van der Waals surface area contributed by atoms with Crippen molar-refractivity contribution in [2.45, 2.75) is 18.9 Å². The number of anilines is 1. The molecule has 2 aliphatic rings. The van der Waals surface area contributed by atoms with Crippen molar-refractivity contribution in [1.82, 2.24) is 0 Å². The van der Waals surface area contributed by atoms with Crippen LogP contribution in [0.2, 0.25) is 0 Å². The van der Waals surface area contributed by atoms with Crippen molar-refractivity contribution in [2.75, 3.05) is 25.1 Å². The van der Waals surface area contributed by atoms with Crippen LogP contribution in [0.25, 0.3) is 0 Å². The van der Waals surface area contributed by atoms with Crippen molar-refractivity contribution in [1.29, 1.82) is 0 Å². The van der Waals surface area contributed by atoms with Crippen LogP contribution in [0.5, 0.6) is 5.75 Å². The van der Waals surface area contributed by atoms with Crippen LogP contribution >= 0.6 is 12.2 Å². The third kappa shape index (κ3) is 2.25. The number of nitrogens with two attached hydrogens (primary N) is 1. The van der Waals surface area contributed by atoms with Crippen molar-refractivity contribution in [3.8, 4) is 5.75 Å². The highest BCUT2D eigenvalue weighted by Crippen LogP contribution is 2.41. The summed E-state index contributed by atoms with van der Waals surface area (Å²) in [5, 5.41) is 10.0. The lowest BCUT2D eigenvalue weighted by Gasteiger charge is -2.23. The number of hydrogen-bond acceptors (Lipinski definition) is 4. The van der Waals surface area contributed by atoms with E-state index < -0.39 is 0 Å². The molecule has 1 saturated heterocycles. The molecule has 0 bridgehead atoms. The van der Waals surface area contributed by atoms with Crippen molar-refractivity contribution in [2.24, 2.45) is 17.6 Å². The van der Waals surface area contributed by atoms with Crippen LogP contribution in [-0.2, 0) is 0 Å². The lowest BCUT2D eigenvalue weighted by molar-refractivity contribution is 0.133. The first-order valence-electron chi connectivity index (χ1n) is 7.01. The minimum absolute atomic E-state index is 0.163. The van der Waals surface area contributed by atoms with Gasteiger partial charge in [0.2, 0.25) is 0 Å². The van der Waals surface area contributed by atoms with Gasteiger partial charge in [-0.2, -0.15) is 0 Å². The molecule has 0 aromatic heterocycles. The van der Waals surface area contributed by atoms with Crippen molar-refractivity contribution in [3.63, 3.8) is 0 Å². The average molecular weight is 292 g/mol. The predicted molar refractivity (Wildman–Crippen MR) is 83.3 cm³/mol. The zero-order chi connectivity index (χ0) is 14.3. The van der Waals surface area contributed by atoms with E-state index in [4.69, 9.17) is 22.7 Å². The molecule has 0 amide bonds. The summed E-state index contributed by atoms with van der Waals surface area (Å²) in [4.78, 5) is 2.69. The van der Waals surface area contributed by atoms with E-state index in [2.05, 4.69) is 4.90 Å². The smallest absolute Gasteiger partial charge is 0.120 e. The number of nitrogens with zero attached hydrogens (tertiary/aromatic N) is 1. The zero-order valence-corrected chi connectivity index (χ0v) is 12.4. The number of benzene rings is 1. The normalized spacial score (nSPS) is 28.5. The van der Waals surface area contributed by atoms with Crippen LogP contribution in [-0.4, -0.2) is 36.4 Å². The van der Waals surface area contributed by atoms with Gasteiger partial charge in [0.05, 0.1) is 18.9 Å². The summed E-state index contributed by atoms with van der Waals surface area (Å²) < 4.78 is 5.30. The summed E-state index contributed by atoms with van der Waals surface area (Å²) >= 11 is 5.15. The Morgan fingerprint density at radius 2 is 2.20 bits per heavy atom. The highest BCUT2D eigenvalue weighted by atomic mass is 32.1. The fourth-order valence-corrected chi connectivity index (χ4v) is 3.71. The van der Waals surface area contributed by atoms with E-state index in [1.165, 1.54) is 0 Å². The Morgan fingerprint density at radius 1 is 1.40 bits per heavy atom. The number of rotatable bonds is 3. The van der Waals surface area contributed by atoms with E-state index in [-0.39, 0.29) is 6.10 Å².